The molecule has 1 aromatic heterocycles. The molecule has 0 unspecified atom stereocenters. The lowest BCUT2D eigenvalue weighted by Gasteiger charge is -2.32. The van der Waals surface area contributed by atoms with Gasteiger partial charge in [-0.2, -0.15) is 0 Å². The molecule has 1 amide bonds. The maximum absolute atomic E-state index is 13.0. The van der Waals surface area contributed by atoms with Crippen molar-refractivity contribution in [1.29, 1.82) is 0 Å². The number of ether oxygens (including phenoxy) is 1. The predicted octanol–water partition coefficient (Wildman–Crippen LogP) is 2.52. The van der Waals surface area contributed by atoms with Gasteiger partial charge in [0.05, 0.1) is 36.8 Å². The van der Waals surface area contributed by atoms with Gasteiger partial charge in [-0.05, 0) is 37.4 Å². The number of imidazole rings is 1. The van der Waals surface area contributed by atoms with Crippen LogP contribution in [0.5, 0.6) is 0 Å². The lowest BCUT2D eigenvalue weighted by molar-refractivity contribution is -0.140. The molecule has 4 rings (SSSR count). The number of nitrogens with zero attached hydrogens (tertiary/aromatic N) is 4. The summed E-state index contributed by atoms with van der Waals surface area (Å²) in [4.78, 5) is 22.3. The van der Waals surface area contributed by atoms with Crippen LogP contribution < -0.4 is 0 Å². The van der Waals surface area contributed by atoms with Crippen molar-refractivity contribution in [2.45, 2.75) is 45.8 Å². The summed E-state index contributed by atoms with van der Waals surface area (Å²) in [6.07, 6.45) is 2.02. The Morgan fingerprint density at radius 3 is 2.78 bits per heavy atom. The molecule has 0 spiro atoms. The van der Waals surface area contributed by atoms with Gasteiger partial charge >= 0.3 is 0 Å². The van der Waals surface area contributed by atoms with E-state index in [-0.39, 0.29) is 11.9 Å². The van der Waals surface area contributed by atoms with Crippen molar-refractivity contribution in [2.24, 2.45) is 5.92 Å². The van der Waals surface area contributed by atoms with E-state index in [0.717, 1.165) is 56.9 Å². The lowest BCUT2D eigenvalue weighted by atomic mass is 10.2. The molecule has 0 N–H and O–H groups in total. The topological polar surface area (TPSA) is 50.6 Å². The van der Waals surface area contributed by atoms with Crippen LogP contribution in [0.3, 0.4) is 0 Å². The van der Waals surface area contributed by atoms with Crippen molar-refractivity contribution in [1.82, 2.24) is 19.4 Å². The Hall–Kier alpha value is -1.92. The normalized spacial score (nSPS) is 21.4. The van der Waals surface area contributed by atoms with Crippen molar-refractivity contribution < 1.29 is 9.53 Å². The molecular weight excluding hydrogens is 340 g/mol. The largest absolute Gasteiger partial charge is 0.378 e. The van der Waals surface area contributed by atoms with Crippen LogP contribution in [0.15, 0.2) is 24.3 Å². The maximum atomic E-state index is 13.0. The van der Waals surface area contributed by atoms with E-state index in [1.807, 2.05) is 11.0 Å². The first-order valence-corrected chi connectivity index (χ1v) is 10.2. The zero-order chi connectivity index (χ0) is 18.8. The highest BCUT2D eigenvalue weighted by Gasteiger charge is 2.35. The SMILES string of the molecule is CC(C)Cn1c(CN2CCC[C@H]2C(=O)N2CCOCC2)nc2ccccc21. The summed E-state index contributed by atoms with van der Waals surface area (Å²) < 4.78 is 7.74. The van der Waals surface area contributed by atoms with Gasteiger partial charge in [-0.1, -0.05) is 26.0 Å². The molecular formula is C21H30N4O2. The summed E-state index contributed by atoms with van der Waals surface area (Å²) in [5, 5.41) is 0. The van der Waals surface area contributed by atoms with E-state index in [0.29, 0.717) is 19.1 Å². The highest BCUT2D eigenvalue weighted by molar-refractivity contribution is 5.82. The van der Waals surface area contributed by atoms with E-state index in [1.54, 1.807) is 0 Å². The minimum Gasteiger partial charge on any atom is -0.378 e. The number of morpholine rings is 1. The molecule has 1 atom stereocenters. The van der Waals surface area contributed by atoms with Gasteiger partial charge in [0.1, 0.15) is 5.82 Å². The number of carbonyl (C=O) groups excluding carboxylic acids is 1. The highest BCUT2D eigenvalue weighted by atomic mass is 16.5. The number of aromatic nitrogens is 2. The number of hydrogen-bond donors (Lipinski definition) is 0. The zero-order valence-electron chi connectivity index (χ0n) is 16.4. The molecule has 2 saturated heterocycles. The first-order valence-electron chi connectivity index (χ1n) is 10.2. The van der Waals surface area contributed by atoms with E-state index in [2.05, 4.69) is 41.5 Å². The van der Waals surface area contributed by atoms with Crippen LogP contribution in [0.2, 0.25) is 0 Å². The molecule has 0 aliphatic carbocycles. The lowest BCUT2D eigenvalue weighted by Crippen LogP contribution is -2.49. The Kier molecular flexibility index (Phi) is 5.45. The van der Waals surface area contributed by atoms with Crippen molar-refractivity contribution in [3.8, 4) is 0 Å². The quantitative estimate of drug-likeness (QED) is 0.812. The van der Waals surface area contributed by atoms with Gasteiger partial charge in [-0.25, -0.2) is 4.98 Å². The molecule has 2 fully saturated rings. The fourth-order valence-electron chi connectivity index (χ4n) is 4.29. The van der Waals surface area contributed by atoms with Crippen LogP contribution in [0.25, 0.3) is 11.0 Å². The fraction of sp³-hybridized carbons (Fsp3) is 0.619. The minimum atomic E-state index is -0.0181. The Morgan fingerprint density at radius 2 is 2.00 bits per heavy atom. The zero-order valence-corrected chi connectivity index (χ0v) is 16.4. The van der Waals surface area contributed by atoms with Crippen molar-refractivity contribution in [3.05, 3.63) is 30.1 Å². The van der Waals surface area contributed by atoms with Crippen LogP contribution in [0.1, 0.15) is 32.5 Å². The number of hydrogen-bond acceptors (Lipinski definition) is 4. The molecule has 27 heavy (non-hydrogen) atoms. The van der Waals surface area contributed by atoms with Crippen molar-refractivity contribution >= 4 is 16.9 Å². The average molecular weight is 370 g/mol. The summed E-state index contributed by atoms with van der Waals surface area (Å²) >= 11 is 0. The van der Waals surface area contributed by atoms with E-state index >= 15 is 0 Å². The van der Waals surface area contributed by atoms with E-state index in [1.165, 1.54) is 5.52 Å². The number of amides is 1. The van der Waals surface area contributed by atoms with Gasteiger partial charge < -0.3 is 14.2 Å². The molecule has 146 valence electrons. The van der Waals surface area contributed by atoms with Gasteiger partial charge in [0.2, 0.25) is 5.91 Å². The molecule has 2 aliphatic heterocycles. The molecule has 6 nitrogen and oxygen atoms in total. The molecule has 2 aliphatic rings. The Morgan fingerprint density at radius 1 is 1.22 bits per heavy atom. The van der Waals surface area contributed by atoms with Crippen molar-refractivity contribution in [2.75, 3.05) is 32.8 Å². The van der Waals surface area contributed by atoms with Gasteiger partial charge in [0, 0.05) is 19.6 Å². The summed E-state index contributed by atoms with van der Waals surface area (Å²) in [6.45, 7) is 9.87. The fourth-order valence-corrected chi connectivity index (χ4v) is 4.29. The molecule has 0 radical (unpaired) electrons. The maximum Gasteiger partial charge on any atom is 0.240 e. The average Bonchev–Trinajstić information content (AvgIpc) is 3.27. The van der Waals surface area contributed by atoms with E-state index < -0.39 is 0 Å². The van der Waals surface area contributed by atoms with Crippen LogP contribution in [-0.2, 0) is 22.6 Å². The molecule has 1 aromatic carbocycles. The Balaban J connectivity index is 1.56. The van der Waals surface area contributed by atoms with Crippen LogP contribution in [-0.4, -0.2) is 64.1 Å². The van der Waals surface area contributed by atoms with Gasteiger partial charge in [-0.3, -0.25) is 9.69 Å². The van der Waals surface area contributed by atoms with Crippen molar-refractivity contribution in [3.63, 3.8) is 0 Å². The molecule has 6 heteroatoms. The first kappa shape index (κ1) is 18.4. The number of benzene rings is 1. The molecule has 0 saturated carbocycles. The smallest absolute Gasteiger partial charge is 0.240 e. The monoisotopic (exact) mass is 370 g/mol. The second-order valence-corrected chi connectivity index (χ2v) is 8.09. The number of fused-ring (bicyclic) bond motifs is 1. The van der Waals surface area contributed by atoms with Gasteiger partial charge in [-0.15, -0.1) is 0 Å². The second kappa shape index (κ2) is 7.98. The van der Waals surface area contributed by atoms with Crippen LogP contribution in [0, 0.1) is 5.92 Å². The number of likely N-dealkylation sites (tertiary alicyclic amines) is 1. The molecule has 0 bridgehead atoms. The third-order valence-corrected chi connectivity index (χ3v) is 5.60. The summed E-state index contributed by atoms with van der Waals surface area (Å²) in [5.74, 6) is 1.89. The number of para-hydroxylation sites is 2. The van der Waals surface area contributed by atoms with Crippen LogP contribution in [0.4, 0.5) is 0 Å². The Labute approximate surface area is 161 Å². The highest BCUT2D eigenvalue weighted by Crippen LogP contribution is 2.25. The predicted molar refractivity (Wildman–Crippen MR) is 105 cm³/mol. The molecule has 3 heterocycles. The first-order chi connectivity index (χ1) is 13.1. The van der Waals surface area contributed by atoms with E-state index in [4.69, 9.17) is 9.72 Å². The van der Waals surface area contributed by atoms with Gasteiger partial charge in [0.15, 0.2) is 0 Å². The van der Waals surface area contributed by atoms with Gasteiger partial charge in [0.25, 0.3) is 0 Å². The third kappa shape index (κ3) is 3.87. The standard InChI is InChI=1S/C21H30N4O2/c1-16(2)14-25-18-7-4-3-6-17(18)22-20(25)15-24-9-5-8-19(24)21(26)23-10-12-27-13-11-23/h3-4,6-7,16,19H,5,8-15H2,1-2H3/t19-/m0/s1. The Bertz CT molecular complexity index is 795. The summed E-state index contributed by atoms with van der Waals surface area (Å²) in [6, 6.07) is 8.32. The third-order valence-electron chi connectivity index (χ3n) is 5.60. The van der Waals surface area contributed by atoms with Crippen LogP contribution >= 0.6 is 0 Å². The summed E-state index contributed by atoms with van der Waals surface area (Å²) in [5.41, 5.74) is 2.24. The van der Waals surface area contributed by atoms with E-state index in [9.17, 15) is 4.79 Å². The number of carbonyl (C=O) groups is 1. The molecule has 2 aromatic rings. The second-order valence-electron chi connectivity index (χ2n) is 8.09. The summed E-state index contributed by atoms with van der Waals surface area (Å²) in [7, 11) is 0. The number of rotatable bonds is 5. The minimum absolute atomic E-state index is 0.0181.